The normalized spacial score (nSPS) is 17.0. The van der Waals surface area contributed by atoms with Crippen LogP contribution in [0.4, 0.5) is 14.5 Å². The van der Waals surface area contributed by atoms with E-state index in [1.165, 1.54) is 30.3 Å². The molecule has 1 aliphatic carbocycles. The lowest BCUT2D eigenvalue weighted by atomic mass is 10.1. The second-order valence-corrected chi connectivity index (χ2v) is 10.6. The standard InChI is InChI=1S/C24H25F2N3O4S/c1-34(31,32)18-7-9-21(33-17-4-2-3-5-17)19(14-18)24(30)29-12-10-28(11-13-29)20-8-6-16(15-27)22(25)23(20)26/h6-9,14,17H,2-5,10-13H2,1H3. The highest BCUT2D eigenvalue weighted by Gasteiger charge is 2.29. The first-order chi connectivity index (χ1) is 16.2. The average Bonchev–Trinajstić information content (AvgIpc) is 3.33. The second kappa shape index (κ2) is 9.58. The van der Waals surface area contributed by atoms with Gasteiger partial charge in [-0.25, -0.2) is 17.2 Å². The van der Waals surface area contributed by atoms with E-state index in [0.29, 0.717) is 5.75 Å². The molecule has 2 aliphatic rings. The monoisotopic (exact) mass is 489 g/mol. The molecule has 1 amide bonds. The van der Waals surface area contributed by atoms with Gasteiger partial charge in [0.2, 0.25) is 0 Å². The molecule has 7 nitrogen and oxygen atoms in total. The number of benzene rings is 2. The molecule has 10 heteroatoms. The van der Waals surface area contributed by atoms with Crippen molar-refractivity contribution in [3.63, 3.8) is 0 Å². The van der Waals surface area contributed by atoms with Gasteiger partial charge in [0.1, 0.15) is 11.8 Å². The van der Waals surface area contributed by atoms with Crippen LogP contribution in [-0.4, -0.2) is 57.8 Å². The van der Waals surface area contributed by atoms with Gasteiger partial charge in [0.15, 0.2) is 21.5 Å². The number of nitriles is 1. The van der Waals surface area contributed by atoms with E-state index in [9.17, 15) is 22.0 Å². The summed E-state index contributed by atoms with van der Waals surface area (Å²) >= 11 is 0. The number of sulfone groups is 1. The van der Waals surface area contributed by atoms with Gasteiger partial charge < -0.3 is 14.5 Å². The molecule has 2 aromatic carbocycles. The molecule has 4 rings (SSSR count). The maximum Gasteiger partial charge on any atom is 0.257 e. The maximum atomic E-state index is 14.4. The predicted octanol–water partition coefficient (Wildman–Crippen LogP) is 3.52. The van der Waals surface area contributed by atoms with Crippen LogP contribution in [0.15, 0.2) is 35.2 Å². The molecular formula is C24H25F2N3O4S. The number of hydrogen-bond donors (Lipinski definition) is 0. The molecule has 34 heavy (non-hydrogen) atoms. The third-order valence-corrected chi connectivity index (χ3v) is 7.41. The van der Waals surface area contributed by atoms with Gasteiger partial charge in [0.05, 0.1) is 27.8 Å². The Bertz CT molecular complexity index is 1250. The van der Waals surface area contributed by atoms with Crippen molar-refractivity contribution in [2.24, 2.45) is 0 Å². The van der Waals surface area contributed by atoms with Crippen molar-refractivity contribution in [3.8, 4) is 11.8 Å². The summed E-state index contributed by atoms with van der Waals surface area (Å²) in [5, 5.41) is 8.87. The molecule has 0 N–H and O–H groups in total. The topological polar surface area (TPSA) is 90.7 Å². The molecule has 0 unspecified atom stereocenters. The molecule has 1 saturated carbocycles. The van der Waals surface area contributed by atoms with Crippen LogP contribution in [-0.2, 0) is 9.84 Å². The van der Waals surface area contributed by atoms with E-state index in [-0.39, 0.29) is 59.9 Å². The summed E-state index contributed by atoms with van der Waals surface area (Å²) in [6.45, 7) is 0.953. The van der Waals surface area contributed by atoms with Crippen LogP contribution >= 0.6 is 0 Å². The largest absolute Gasteiger partial charge is 0.490 e. The third kappa shape index (κ3) is 4.85. The summed E-state index contributed by atoms with van der Waals surface area (Å²) in [5.74, 6) is -2.30. The highest BCUT2D eigenvalue weighted by molar-refractivity contribution is 7.90. The number of piperazine rings is 1. The third-order valence-electron chi connectivity index (χ3n) is 6.30. The van der Waals surface area contributed by atoms with E-state index in [0.717, 1.165) is 31.9 Å². The first kappa shape index (κ1) is 24.0. The Morgan fingerprint density at radius 2 is 1.74 bits per heavy atom. The van der Waals surface area contributed by atoms with E-state index >= 15 is 0 Å². The minimum absolute atomic E-state index is 0.0123. The molecule has 1 heterocycles. The first-order valence-corrected chi connectivity index (χ1v) is 13.0. The molecule has 0 bridgehead atoms. The van der Waals surface area contributed by atoms with Crippen LogP contribution < -0.4 is 9.64 Å². The summed E-state index contributed by atoms with van der Waals surface area (Å²) < 4.78 is 58.7. The molecule has 180 valence electrons. The van der Waals surface area contributed by atoms with Crippen LogP contribution in [0.2, 0.25) is 0 Å². The fraction of sp³-hybridized carbons (Fsp3) is 0.417. The summed E-state index contributed by atoms with van der Waals surface area (Å²) in [6.07, 6.45) is 4.92. The van der Waals surface area contributed by atoms with Crippen LogP contribution in [0, 0.1) is 23.0 Å². The van der Waals surface area contributed by atoms with Gasteiger partial charge in [-0.15, -0.1) is 0 Å². The Labute approximate surface area is 197 Å². The molecule has 0 radical (unpaired) electrons. The van der Waals surface area contributed by atoms with Crippen LogP contribution in [0.3, 0.4) is 0 Å². The maximum absolute atomic E-state index is 14.4. The lowest BCUT2D eigenvalue weighted by molar-refractivity contribution is 0.0739. The zero-order valence-electron chi connectivity index (χ0n) is 18.8. The molecule has 1 saturated heterocycles. The number of ether oxygens (including phenoxy) is 1. The number of halogens is 2. The summed E-state index contributed by atoms with van der Waals surface area (Å²) in [5.41, 5.74) is -0.151. The first-order valence-electron chi connectivity index (χ1n) is 11.1. The van der Waals surface area contributed by atoms with Crippen molar-refractivity contribution in [2.75, 3.05) is 37.3 Å². The average molecular weight is 490 g/mol. The van der Waals surface area contributed by atoms with Gasteiger partial charge in [-0.05, 0) is 56.0 Å². The minimum Gasteiger partial charge on any atom is -0.490 e. The Morgan fingerprint density at radius 3 is 2.35 bits per heavy atom. The number of carbonyl (C=O) groups excluding carboxylic acids is 1. The fourth-order valence-corrected chi connectivity index (χ4v) is 5.03. The lowest BCUT2D eigenvalue weighted by Crippen LogP contribution is -2.49. The van der Waals surface area contributed by atoms with Crippen molar-refractivity contribution in [1.29, 1.82) is 5.26 Å². The number of carbonyl (C=O) groups is 1. The zero-order chi connectivity index (χ0) is 24.5. The van der Waals surface area contributed by atoms with Crippen molar-refractivity contribution < 1.29 is 26.7 Å². The van der Waals surface area contributed by atoms with Gasteiger partial charge in [0, 0.05) is 32.4 Å². The summed E-state index contributed by atoms with van der Waals surface area (Å²) in [4.78, 5) is 16.6. The molecule has 2 aromatic rings. The van der Waals surface area contributed by atoms with Gasteiger partial charge in [0.25, 0.3) is 5.91 Å². The van der Waals surface area contributed by atoms with Crippen LogP contribution in [0.5, 0.6) is 5.75 Å². The van der Waals surface area contributed by atoms with Crippen molar-refractivity contribution in [2.45, 2.75) is 36.7 Å². The Balaban J connectivity index is 1.54. The molecule has 0 spiro atoms. The number of anilines is 1. The van der Waals surface area contributed by atoms with Crippen molar-refractivity contribution in [1.82, 2.24) is 4.90 Å². The molecule has 0 aromatic heterocycles. The molecule has 1 aliphatic heterocycles. The van der Waals surface area contributed by atoms with E-state index in [1.54, 1.807) is 15.9 Å². The minimum atomic E-state index is -3.53. The van der Waals surface area contributed by atoms with Gasteiger partial charge in [-0.2, -0.15) is 5.26 Å². The highest BCUT2D eigenvalue weighted by atomic mass is 32.2. The summed E-state index contributed by atoms with van der Waals surface area (Å²) in [6, 6.07) is 8.53. The SMILES string of the molecule is CS(=O)(=O)c1ccc(OC2CCCC2)c(C(=O)N2CCN(c3ccc(C#N)c(F)c3F)CC2)c1. The quantitative estimate of drug-likeness (QED) is 0.638. The molecule has 2 fully saturated rings. The Morgan fingerprint density at radius 1 is 1.06 bits per heavy atom. The number of hydrogen-bond acceptors (Lipinski definition) is 6. The number of rotatable bonds is 5. The zero-order valence-corrected chi connectivity index (χ0v) is 19.6. The number of amides is 1. The smallest absolute Gasteiger partial charge is 0.257 e. The van der Waals surface area contributed by atoms with Gasteiger partial charge >= 0.3 is 0 Å². The van der Waals surface area contributed by atoms with Crippen LogP contribution in [0.25, 0.3) is 0 Å². The van der Waals surface area contributed by atoms with E-state index in [4.69, 9.17) is 10.00 Å². The predicted molar refractivity (Wildman–Crippen MR) is 122 cm³/mol. The Hall–Kier alpha value is -3.19. The lowest BCUT2D eigenvalue weighted by Gasteiger charge is -2.36. The van der Waals surface area contributed by atoms with E-state index in [1.807, 2.05) is 0 Å². The Kier molecular flexibility index (Phi) is 6.75. The van der Waals surface area contributed by atoms with Gasteiger partial charge in [-0.3, -0.25) is 4.79 Å². The second-order valence-electron chi connectivity index (χ2n) is 8.61. The van der Waals surface area contributed by atoms with Crippen molar-refractivity contribution in [3.05, 3.63) is 53.1 Å². The molecule has 0 atom stereocenters. The van der Waals surface area contributed by atoms with Gasteiger partial charge in [-0.1, -0.05) is 0 Å². The van der Waals surface area contributed by atoms with E-state index in [2.05, 4.69) is 0 Å². The van der Waals surface area contributed by atoms with Crippen molar-refractivity contribution >= 4 is 21.4 Å². The number of nitrogens with zero attached hydrogens (tertiary/aromatic N) is 3. The highest BCUT2D eigenvalue weighted by Crippen LogP contribution is 2.30. The molecular weight excluding hydrogens is 464 g/mol. The summed E-state index contributed by atoms with van der Waals surface area (Å²) in [7, 11) is -3.53. The van der Waals surface area contributed by atoms with E-state index < -0.39 is 21.5 Å². The fourth-order valence-electron chi connectivity index (χ4n) is 4.39. The van der Waals surface area contributed by atoms with Crippen LogP contribution in [0.1, 0.15) is 41.6 Å².